The molecule has 0 saturated carbocycles. The Labute approximate surface area is 161 Å². The molecule has 1 aromatic rings. The molecule has 0 spiro atoms. The van der Waals surface area contributed by atoms with E-state index in [4.69, 9.17) is 10.5 Å². The van der Waals surface area contributed by atoms with Gasteiger partial charge in [0.2, 0.25) is 11.8 Å². The summed E-state index contributed by atoms with van der Waals surface area (Å²) in [5, 5.41) is 15.2. The molecule has 1 rings (SSSR count). The minimum Gasteiger partial charge on any atom is -0.491 e. The lowest BCUT2D eigenvalue weighted by atomic mass is 10.1. The molecule has 0 bridgehead atoms. The highest BCUT2D eigenvalue weighted by molar-refractivity contribution is 5.87. The van der Waals surface area contributed by atoms with Crippen molar-refractivity contribution in [3.8, 4) is 5.75 Å². The summed E-state index contributed by atoms with van der Waals surface area (Å²) in [6.45, 7) is 7.41. The van der Waals surface area contributed by atoms with Crippen LogP contribution in [-0.2, 0) is 9.59 Å². The van der Waals surface area contributed by atoms with E-state index in [9.17, 15) is 14.7 Å². The average molecular weight is 388 g/mol. The molecule has 2 amide bonds. The lowest BCUT2D eigenvalue weighted by Gasteiger charge is -2.16. The Bertz CT molecular complexity index is 564. The van der Waals surface area contributed by atoms with E-state index < -0.39 is 12.1 Å². The Balaban J connectivity index is 0.00000625. The van der Waals surface area contributed by atoms with Crippen LogP contribution in [0.25, 0.3) is 0 Å². The Morgan fingerprint density at radius 1 is 1.12 bits per heavy atom. The van der Waals surface area contributed by atoms with Crippen LogP contribution >= 0.6 is 12.4 Å². The van der Waals surface area contributed by atoms with Crippen LogP contribution in [0, 0.1) is 5.92 Å². The number of rotatable bonds is 9. The molecule has 1 unspecified atom stereocenters. The van der Waals surface area contributed by atoms with E-state index >= 15 is 0 Å². The lowest BCUT2D eigenvalue weighted by molar-refractivity contribution is -0.127. The fourth-order valence-corrected chi connectivity index (χ4v) is 2.02. The van der Waals surface area contributed by atoms with Crippen molar-refractivity contribution in [2.75, 3.05) is 13.1 Å². The molecule has 1 aromatic carbocycles. The van der Waals surface area contributed by atoms with Gasteiger partial charge in [-0.05, 0) is 37.5 Å². The first-order valence-electron chi connectivity index (χ1n) is 8.45. The maximum absolute atomic E-state index is 11.8. The third-order valence-corrected chi connectivity index (χ3v) is 3.57. The number of nitrogens with two attached hydrogens (primary N) is 1. The normalized spacial score (nSPS) is 12.9. The number of hydrogen-bond acceptors (Lipinski definition) is 5. The molecule has 0 aliphatic rings. The largest absolute Gasteiger partial charge is 0.491 e. The summed E-state index contributed by atoms with van der Waals surface area (Å²) in [6.07, 6.45) is -0.764. The van der Waals surface area contributed by atoms with Crippen molar-refractivity contribution in [2.24, 2.45) is 11.7 Å². The fourth-order valence-electron chi connectivity index (χ4n) is 2.02. The van der Waals surface area contributed by atoms with Crippen molar-refractivity contribution in [1.82, 2.24) is 10.6 Å². The highest BCUT2D eigenvalue weighted by atomic mass is 35.5. The van der Waals surface area contributed by atoms with Gasteiger partial charge in [0.1, 0.15) is 5.75 Å². The number of carbonyl (C=O) groups excluding carboxylic acids is 2. The van der Waals surface area contributed by atoms with Gasteiger partial charge in [-0.2, -0.15) is 0 Å². The number of carbonyl (C=O) groups is 2. The van der Waals surface area contributed by atoms with Crippen LogP contribution in [0.4, 0.5) is 0 Å². The van der Waals surface area contributed by atoms with Gasteiger partial charge in [0.25, 0.3) is 0 Å². The second-order valence-electron chi connectivity index (χ2n) is 6.54. The van der Waals surface area contributed by atoms with Gasteiger partial charge in [-0.25, -0.2) is 0 Å². The van der Waals surface area contributed by atoms with Crippen molar-refractivity contribution < 1.29 is 19.4 Å². The highest BCUT2D eigenvalue weighted by Gasteiger charge is 2.18. The molecule has 5 N–H and O–H groups in total. The maximum atomic E-state index is 11.8. The van der Waals surface area contributed by atoms with Gasteiger partial charge in [-0.3, -0.25) is 9.59 Å². The zero-order chi connectivity index (χ0) is 19.0. The van der Waals surface area contributed by atoms with Crippen LogP contribution < -0.4 is 21.1 Å². The molecular weight excluding hydrogens is 358 g/mol. The number of nitrogens with one attached hydrogen (secondary N) is 2. The summed E-state index contributed by atoms with van der Waals surface area (Å²) < 4.78 is 5.54. The first kappa shape index (κ1) is 24.2. The van der Waals surface area contributed by atoms with E-state index in [0.717, 1.165) is 5.75 Å². The molecule has 26 heavy (non-hydrogen) atoms. The molecule has 8 heteroatoms. The second kappa shape index (κ2) is 11.7. The third kappa shape index (κ3) is 8.51. The van der Waals surface area contributed by atoms with Gasteiger partial charge in [0, 0.05) is 6.54 Å². The number of hydrogen-bond donors (Lipinski definition) is 4. The molecule has 0 fully saturated rings. The molecular formula is C18H30ClN3O4. The Morgan fingerprint density at radius 2 is 1.69 bits per heavy atom. The van der Waals surface area contributed by atoms with Crippen LogP contribution in [0.5, 0.6) is 5.75 Å². The summed E-state index contributed by atoms with van der Waals surface area (Å²) >= 11 is 0. The predicted molar refractivity (Wildman–Crippen MR) is 103 cm³/mol. The van der Waals surface area contributed by atoms with E-state index in [1.807, 2.05) is 27.7 Å². The number of halogens is 1. The monoisotopic (exact) mass is 387 g/mol. The average Bonchev–Trinajstić information content (AvgIpc) is 2.56. The standard InChI is InChI=1S/C18H29N3O4.ClH/c1-11(2)17(19)18(24)21-10-16(23)20-9-15(22)13-5-7-14(8-6-13)25-12(3)4;/h5-8,11-12,15,17,22H,9-10,19H2,1-4H3,(H,20,23)(H,21,24);1H/t15?,17-;/m0./s1. The Hall–Kier alpha value is -1.83. The molecule has 0 aliphatic heterocycles. The van der Waals surface area contributed by atoms with Gasteiger partial charge >= 0.3 is 0 Å². The summed E-state index contributed by atoms with van der Waals surface area (Å²) in [6, 6.07) is 6.39. The molecule has 0 heterocycles. The minimum atomic E-state index is -0.842. The number of aliphatic hydroxyl groups excluding tert-OH is 1. The lowest BCUT2D eigenvalue weighted by Crippen LogP contribution is -2.47. The third-order valence-electron chi connectivity index (χ3n) is 3.57. The van der Waals surface area contributed by atoms with Crippen molar-refractivity contribution in [3.05, 3.63) is 29.8 Å². The topological polar surface area (TPSA) is 114 Å². The van der Waals surface area contributed by atoms with E-state index in [0.29, 0.717) is 5.56 Å². The molecule has 0 radical (unpaired) electrons. The Kier molecular flexibility index (Phi) is 10.9. The van der Waals surface area contributed by atoms with Crippen LogP contribution in [0.15, 0.2) is 24.3 Å². The molecule has 0 aliphatic carbocycles. The fraction of sp³-hybridized carbons (Fsp3) is 0.556. The minimum absolute atomic E-state index is 0. The smallest absolute Gasteiger partial charge is 0.239 e. The molecule has 0 saturated heterocycles. The van der Waals surface area contributed by atoms with Crippen molar-refractivity contribution in [3.63, 3.8) is 0 Å². The van der Waals surface area contributed by atoms with Crippen LogP contribution in [-0.4, -0.2) is 42.2 Å². The van der Waals surface area contributed by atoms with Gasteiger partial charge in [-0.15, -0.1) is 12.4 Å². The van der Waals surface area contributed by atoms with Gasteiger partial charge < -0.3 is 26.2 Å². The van der Waals surface area contributed by atoms with E-state index in [1.54, 1.807) is 24.3 Å². The van der Waals surface area contributed by atoms with E-state index in [-0.39, 0.29) is 49.3 Å². The SMILES string of the molecule is CC(C)Oc1ccc(C(O)CNC(=O)CNC(=O)[C@@H](N)C(C)C)cc1.Cl. The second-order valence-corrected chi connectivity index (χ2v) is 6.54. The summed E-state index contributed by atoms with van der Waals surface area (Å²) in [5.41, 5.74) is 6.36. The first-order valence-corrected chi connectivity index (χ1v) is 8.45. The zero-order valence-corrected chi connectivity index (χ0v) is 16.5. The molecule has 0 aromatic heterocycles. The molecule has 2 atom stereocenters. The Morgan fingerprint density at radius 3 is 2.19 bits per heavy atom. The predicted octanol–water partition coefficient (Wildman–Crippen LogP) is 1.14. The van der Waals surface area contributed by atoms with E-state index in [2.05, 4.69) is 10.6 Å². The summed E-state index contributed by atoms with van der Waals surface area (Å²) in [4.78, 5) is 23.4. The number of ether oxygens (including phenoxy) is 1. The van der Waals surface area contributed by atoms with Gasteiger partial charge in [0.05, 0.1) is 24.8 Å². The highest BCUT2D eigenvalue weighted by Crippen LogP contribution is 2.18. The van der Waals surface area contributed by atoms with Crippen LogP contribution in [0.3, 0.4) is 0 Å². The number of aliphatic hydroxyl groups is 1. The molecule has 148 valence electrons. The van der Waals surface area contributed by atoms with Crippen LogP contribution in [0.2, 0.25) is 0 Å². The van der Waals surface area contributed by atoms with Crippen LogP contribution in [0.1, 0.15) is 39.4 Å². The van der Waals surface area contributed by atoms with Crippen molar-refractivity contribution in [1.29, 1.82) is 0 Å². The quantitative estimate of drug-likeness (QED) is 0.507. The zero-order valence-electron chi connectivity index (χ0n) is 15.7. The summed E-state index contributed by atoms with van der Waals surface area (Å²) in [5.74, 6) is -0.0405. The summed E-state index contributed by atoms with van der Waals surface area (Å²) in [7, 11) is 0. The number of amides is 2. The molecule has 7 nitrogen and oxygen atoms in total. The van der Waals surface area contributed by atoms with Gasteiger partial charge in [0.15, 0.2) is 0 Å². The van der Waals surface area contributed by atoms with Crippen molar-refractivity contribution >= 4 is 24.2 Å². The maximum Gasteiger partial charge on any atom is 0.239 e. The van der Waals surface area contributed by atoms with Gasteiger partial charge in [-0.1, -0.05) is 26.0 Å². The first-order chi connectivity index (χ1) is 11.7. The number of benzene rings is 1. The van der Waals surface area contributed by atoms with E-state index in [1.165, 1.54) is 0 Å². The van der Waals surface area contributed by atoms with Crippen molar-refractivity contribution in [2.45, 2.75) is 45.9 Å².